The van der Waals surface area contributed by atoms with E-state index in [1.165, 1.54) is 5.56 Å². The molecule has 0 aliphatic rings. The Bertz CT molecular complexity index is 901. The zero-order valence-electron chi connectivity index (χ0n) is 15.9. The molecular formula is C19H27N5OSi. The van der Waals surface area contributed by atoms with E-state index in [9.17, 15) is 0 Å². The fraction of sp³-hybridized carbons (Fsp3) is 0.368. The summed E-state index contributed by atoms with van der Waals surface area (Å²) in [5, 5.41) is 4.33. The van der Waals surface area contributed by atoms with Gasteiger partial charge in [-0.2, -0.15) is 0 Å². The molecule has 3 rings (SSSR count). The number of fused-ring (bicyclic) bond motifs is 1. The lowest BCUT2D eigenvalue weighted by atomic mass is 10.2. The number of hydrogen-bond donors (Lipinski definition) is 2. The van der Waals surface area contributed by atoms with Crippen LogP contribution in [0.1, 0.15) is 5.56 Å². The predicted molar refractivity (Wildman–Crippen MR) is 111 cm³/mol. The fourth-order valence-corrected chi connectivity index (χ4v) is 3.46. The lowest BCUT2D eigenvalue weighted by Gasteiger charge is -2.15. The standard InChI is InChI=1S/C19H27N5OSi/c1-14-12-24(13-25-8-9-26(2,3)4)19-16(14)10-15(11-22-19)23-18-17(20)6-5-7-21-18/h5-7,10-12H,8-9,13,20H2,1-4H3,(H,21,23). The highest BCUT2D eigenvalue weighted by atomic mass is 28.3. The lowest BCUT2D eigenvalue weighted by molar-refractivity contribution is 0.0898. The van der Waals surface area contributed by atoms with E-state index in [-0.39, 0.29) is 0 Å². The zero-order chi connectivity index (χ0) is 18.7. The maximum Gasteiger partial charge on any atom is 0.153 e. The largest absolute Gasteiger partial charge is 0.396 e. The first-order valence-electron chi connectivity index (χ1n) is 8.84. The Morgan fingerprint density at radius 3 is 2.81 bits per heavy atom. The number of pyridine rings is 2. The highest BCUT2D eigenvalue weighted by molar-refractivity contribution is 6.76. The van der Waals surface area contributed by atoms with Crippen LogP contribution in [0.3, 0.4) is 0 Å². The van der Waals surface area contributed by atoms with E-state index in [2.05, 4.69) is 58.7 Å². The van der Waals surface area contributed by atoms with Gasteiger partial charge in [0.05, 0.1) is 17.6 Å². The number of anilines is 3. The summed E-state index contributed by atoms with van der Waals surface area (Å²) in [5.41, 5.74) is 9.52. The smallest absolute Gasteiger partial charge is 0.153 e. The first kappa shape index (κ1) is 18.4. The van der Waals surface area contributed by atoms with Gasteiger partial charge in [0.2, 0.25) is 0 Å². The van der Waals surface area contributed by atoms with Gasteiger partial charge >= 0.3 is 0 Å². The third-order valence-electron chi connectivity index (χ3n) is 4.24. The van der Waals surface area contributed by atoms with E-state index in [0.717, 1.165) is 29.4 Å². The van der Waals surface area contributed by atoms with Gasteiger partial charge in [0.1, 0.15) is 12.4 Å². The van der Waals surface area contributed by atoms with Gasteiger partial charge in [-0.3, -0.25) is 0 Å². The van der Waals surface area contributed by atoms with Gasteiger partial charge in [-0.25, -0.2) is 9.97 Å². The van der Waals surface area contributed by atoms with Crippen LogP contribution < -0.4 is 11.1 Å². The molecule has 138 valence electrons. The van der Waals surface area contributed by atoms with E-state index in [0.29, 0.717) is 18.2 Å². The maximum atomic E-state index is 5.95. The van der Waals surface area contributed by atoms with Gasteiger partial charge in [0.15, 0.2) is 5.82 Å². The maximum absolute atomic E-state index is 5.95. The van der Waals surface area contributed by atoms with E-state index in [4.69, 9.17) is 10.5 Å². The first-order valence-corrected chi connectivity index (χ1v) is 12.5. The fourth-order valence-electron chi connectivity index (χ4n) is 2.71. The van der Waals surface area contributed by atoms with Gasteiger partial charge in [-0.1, -0.05) is 19.6 Å². The predicted octanol–water partition coefficient (Wildman–Crippen LogP) is 4.38. The molecule has 0 unspecified atom stereocenters. The molecule has 0 spiro atoms. The van der Waals surface area contributed by atoms with Crippen molar-refractivity contribution in [1.82, 2.24) is 14.5 Å². The van der Waals surface area contributed by atoms with Crippen LogP contribution in [0.2, 0.25) is 25.7 Å². The molecule has 3 heterocycles. The van der Waals surface area contributed by atoms with Gasteiger partial charge < -0.3 is 20.4 Å². The molecule has 0 bridgehead atoms. The summed E-state index contributed by atoms with van der Waals surface area (Å²) in [6, 6.07) is 6.87. The molecule has 0 aromatic carbocycles. The Morgan fingerprint density at radius 1 is 1.27 bits per heavy atom. The van der Waals surface area contributed by atoms with Crippen molar-refractivity contribution < 1.29 is 4.74 Å². The van der Waals surface area contributed by atoms with Crippen LogP contribution in [0, 0.1) is 6.92 Å². The Kier molecular flexibility index (Phi) is 5.29. The minimum Gasteiger partial charge on any atom is -0.396 e. The Balaban J connectivity index is 1.74. The number of ether oxygens (including phenoxy) is 1. The van der Waals surface area contributed by atoms with E-state index in [1.807, 2.05) is 12.1 Å². The van der Waals surface area contributed by atoms with Crippen LogP contribution in [-0.2, 0) is 11.5 Å². The molecule has 3 aromatic heterocycles. The molecule has 0 aliphatic carbocycles. The number of hydrogen-bond acceptors (Lipinski definition) is 5. The van der Waals surface area contributed by atoms with Crippen LogP contribution in [0.4, 0.5) is 17.2 Å². The minimum absolute atomic E-state index is 0.530. The van der Waals surface area contributed by atoms with Crippen LogP contribution >= 0.6 is 0 Å². The normalized spacial score (nSPS) is 11.8. The molecule has 3 aromatic rings. The lowest BCUT2D eigenvalue weighted by Crippen LogP contribution is -2.22. The molecule has 0 radical (unpaired) electrons. The number of nitrogens with zero attached hydrogens (tertiary/aromatic N) is 3. The van der Waals surface area contributed by atoms with Crippen molar-refractivity contribution in [2.45, 2.75) is 39.3 Å². The number of rotatable bonds is 7. The molecular weight excluding hydrogens is 342 g/mol. The average molecular weight is 370 g/mol. The average Bonchev–Trinajstić information content (AvgIpc) is 2.89. The summed E-state index contributed by atoms with van der Waals surface area (Å²) >= 11 is 0. The van der Waals surface area contributed by atoms with Crippen molar-refractivity contribution in [2.24, 2.45) is 0 Å². The SMILES string of the molecule is Cc1cn(COCC[Si](C)(C)C)c2ncc(Nc3ncccc3N)cc12. The van der Waals surface area contributed by atoms with Crippen LogP contribution in [0.25, 0.3) is 11.0 Å². The number of nitrogens with one attached hydrogen (secondary N) is 1. The molecule has 0 amide bonds. The molecule has 3 N–H and O–H groups in total. The van der Waals surface area contributed by atoms with Crippen LogP contribution in [0.5, 0.6) is 0 Å². The van der Waals surface area contributed by atoms with Gasteiger partial charge in [0.25, 0.3) is 0 Å². The molecule has 7 heteroatoms. The van der Waals surface area contributed by atoms with Crippen LogP contribution in [0.15, 0.2) is 36.8 Å². The second kappa shape index (κ2) is 7.47. The van der Waals surface area contributed by atoms with E-state index in [1.54, 1.807) is 12.4 Å². The van der Waals surface area contributed by atoms with E-state index >= 15 is 0 Å². The summed E-state index contributed by atoms with van der Waals surface area (Å²) in [6.07, 6.45) is 5.60. The van der Waals surface area contributed by atoms with Crippen molar-refractivity contribution in [3.05, 3.63) is 42.4 Å². The Labute approximate surface area is 155 Å². The third kappa shape index (κ3) is 4.42. The zero-order valence-corrected chi connectivity index (χ0v) is 16.9. The van der Waals surface area contributed by atoms with Crippen molar-refractivity contribution in [2.75, 3.05) is 17.7 Å². The highest BCUT2D eigenvalue weighted by Crippen LogP contribution is 2.25. The molecule has 6 nitrogen and oxygen atoms in total. The van der Waals surface area contributed by atoms with Gasteiger partial charge in [-0.15, -0.1) is 0 Å². The summed E-state index contributed by atoms with van der Waals surface area (Å²) < 4.78 is 7.94. The summed E-state index contributed by atoms with van der Waals surface area (Å²) in [4.78, 5) is 8.88. The minimum atomic E-state index is -1.07. The number of nitrogen functional groups attached to an aromatic ring is 1. The molecule has 0 saturated carbocycles. The summed E-state index contributed by atoms with van der Waals surface area (Å²) in [5.74, 6) is 0.639. The Morgan fingerprint density at radius 2 is 2.08 bits per heavy atom. The highest BCUT2D eigenvalue weighted by Gasteiger charge is 2.13. The van der Waals surface area contributed by atoms with Crippen molar-refractivity contribution >= 4 is 36.3 Å². The molecule has 0 fully saturated rings. The van der Waals surface area contributed by atoms with Crippen molar-refractivity contribution in [1.29, 1.82) is 0 Å². The molecule has 0 saturated heterocycles. The second-order valence-electron chi connectivity index (χ2n) is 7.79. The number of aromatic nitrogens is 3. The van der Waals surface area contributed by atoms with Crippen molar-refractivity contribution in [3.63, 3.8) is 0 Å². The number of nitrogens with two attached hydrogens (primary N) is 1. The monoisotopic (exact) mass is 369 g/mol. The first-order chi connectivity index (χ1) is 12.3. The number of aryl methyl sites for hydroxylation is 1. The molecule has 0 atom stereocenters. The summed E-state index contributed by atoms with van der Waals surface area (Å²) in [7, 11) is -1.07. The summed E-state index contributed by atoms with van der Waals surface area (Å²) in [6.45, 7) is 10.5. The quantitative estimate of drug-likeness (QED) is 0.477. The van der Waals surface area contributed by atoms with Crippen molar-refractivity contribution in [3.8, 4) is 0 Å². The Hall–Kier alpha value is -2.38. The van der Waals surface area contributed by atoms with Gasteiger partial charge in [0, 0.05) is 32.5 Å². The van der Waals surface area contributed by atoms with Crippen LogP contribution in [-0.4, -0.2) is 29.2 Å². The second-order valence-corrected chi connectivity index (χ2v) is 13.4. The topological polar surface area (TPSA) is 78.0 Å². The third-order valence-corrected chi connectivity index (χ3v) is 5.95. The molecule has 0 aliphatic heterocycles. The molecule has 26 heavy (non-hydrogen) atoms. The van der Waals surface area contributed by atoms with Gasteiger partial charge in [-0.05, 0) is 36.7 Å². The van der Waals surface area contributed by atoms with E-state index < -0.39 is 8.07 Å².